The summed E-state index contributed by atoms with van der Waals surface area (Å²) in [5.41, 5.74) is 0. The summed E-state index contributed by atoms with van der Waals surface area (Å²) in [6.07, 6.45) is 1.30. The highest BCUT2D eigenvalue weighted by Gasteiger charge is 2.21. The minimum absolute atomic E-state index is 0.686. The third-order valence-corrected chi connectivity index (χ3v) is 3.87. The van der Waals surface area contributed by atoms with Crippen LogP contribution < -0.4 is 0 Å². The molecule has 1 saturated heterocycles. The van der Waals surface area contributed by atoms with E-state index < -0.39 is 0 Å². The van der Waals surface area contributed by atoms with E-state index in [-0.39, 0.29) is 0 Å². The second-order valence-corrected chi connectivity index (χ2v) is 5.74. The number of rotatable bonds is 7. The van der Waals surface area contributed by atoms with Crippen molar-refractivity contribution < 1.29 is 0 Å². The highest BCUT2D eigenvalue weighted by atomic mass is 15.4. The minimum atomic E-state index is 0.686. The normalized spacial score (nSPS) is 19.1. The minimum Gasteiger partial charge on any atom is -0.301 e. The van der Waals surface area contributed by atoms with Gasteiger partial charge < -0.3 is 4.90 Å². The van der Waals surface area contributed by atoms with Crippen molar-refractivity contribution in [3.8, 4) is 0 Å². The molecule has 0 aromatic rings. The van der Waals surface area contributed by atoms with Crippen LogP contribution in [0.25, 0.3) is 0 Å². The van der Waals surface area contributed by atoms with Crippen LogP contribution in [0.15, 0.2) is 0 Å². The largest absolute Gasteiger partial charge is 0.301 e. The summed E-state index contributed by atoms with van der Waals surface area (Å²) in [6, 6.07) is 1.38. The summed E-state index contributed by atoms with van der Waals surface area (Å²) in [5.74, 6) is 0. The average molecular weight is 241 g/mol. The summed E-state index contributed by atoms with van der Waals surface area (Å²) in [7, 11) is 0. The van der Waals surface area contributed by atoms with Crippen molar-refractivity contribution >= 4 is 0 Å². The average Bonchev–Trinajstić information content (AvgIpc) is 2.72. The lowest BCUT2D eigenvalue weighted by atomic mass is 10.3. The van der Waals surface area contributed by atoms with Gasteiger partial charge in [-0.15, -0.1) is 0 Å². The molecule has 3 heteroatoms. The van der Waals surface area contributed by atoms with Gasteiger partial charge in [0.15, 0.2) is 0 Å². The molecule has 0 aliphatic carbocycles. The second kappa shape index (κ2) is 7.34. The first-order chi connectivity index (χ1) is 8.04. The van der Waals surface area contributed by atoms with Gasteiger partial charge in [-0.25, -0.2) is 0 Å². The van der Waals surface area contributed by atoms with Crippen molar-refractivity contribution in [3.63, 3.8) is 0 Å². The van der Waals surface area contributed by atoms with Crippen LogP contribution in [0, 0.1) is 0 Å². The Morgan fingerprint density at radius 1 is 1.12 bits per heavy atom. The Bertz CT molecular complexity index is 204. The first-order valence-electron chi connectivity index (χ1n) is 7.25. The SMILES string of the molecule is CCN(CCCN1CCN(C(C)C)C1)C(C)C. The lowest BCUT2D eigenvalue weighted by Crippen LogP contribution is -2.35. The number of nitrogens with zero attached hydrogens (tertiary/aromatic N) is 3. The molecule has 102 valence electrons. The molecule has 1 aliphatic heterocycles. The van der Waals surface area contributed by atoms with Crippen LogP contribution in [0.4, 0.5) is 0 Å². The maximum Gasteiger partial charge on any atom is 0.0509 e. The van der Waals surface area contributed by atoms with E-state index in [4.69, 9.17) is 0 Å². The van der Waals surface area contributed by atoms with Crippen molar-refractivity contribution in [2.45, 2.75) is 53.1 Å². The zero-order valence-electron chi connectivity index (χ0n) is 12.4. The molecule has 0 unspecified atom stereocenters. The Kier molecular flexibility index (Phi) is 6.45. The summed E-state index contributed by atoms with van der Waals surface area (Å²) in [6.45, 7) is 18.8. The van der Waals surface area contributed by atoms with Gasteiger partial charge in [-0.1, -0.05) is 6.92 Å². The monoisotopic (exact) mass is 241 g/mol. The van der Waals surface area contributed by atoms with Crippen LogP contribution in [-0.2, 0) is 0 Å². The summed E-state index contributed by atoms with van der Waals surface area (Å²) in [4.78, 5) is 7.70. The molecule has 0 saturated carbocycles. The fourth-order valence-electron chi connectivity index (χ4n) is 2.55. The topological polar surface area (TPSA) is 9.72 Å². The van der Waals surface area contributed by atoms with Gasteiger partial charge in [0.2, 0.25) is 0 Å². The van der Waals surface area contributed by atoms with Crippen molar-refractivity contribution in [3.05, 3.63) is 0 Å². The van der Waals surface area contributed by atoms with Crippen LogP contribution in [0.1, 0.15) is 41.0 Å². The van der Waals surface area contributed by atoms with Crippen LogP contribution in [0.2, 0.25) is 0 Å². The fraction of sp³-hybridized carbons (Fsp3) is 1.00. The molecule has 0 amide bonds. The molecule has 1 fully saturated rings. The van der Waals surface area contributed by atoms with Gasteiger partial charge in [0.1, 0.15) is 0 Å². The van der Waals surface area contributed by atoms with Crippen LogP contribution in [-0.4, -0.2) is 66.2 Å². The third-order valence-electron chi connectivity index (χ3n) is 3.87. The lowest BCUT2D eigenvalue weighted by Gasteiger charge is -2.26. The molecule has 1 heterocycles. The predicted molar refractivity (Wildman–Crippen MR) is 75.3 cm³/mol. The molecule has 0 bridgehead atoms. The van der Waals surface area contributed by atoms with Gasteiger partial charge in [0.25, 0.3) is 0 Å². The molecule has 1 rings (SSSR count). The highest BCUT2D eigenvalue weighted by molar-refractivity contribution is 4.74. The van der Waals surface area contributed by atoms with Gasteiger partial charge in [0.05, 0.1) is 6.67 Å². The van der Waals surface area contributed by atoms with E-state index in [0.717, 1.165) is 0 Å². The van der Waals surface area contributed by atoms with E-state index in [1.807, 2.05) is 0 Å². The lowest BCUT2D eigenvalue weighted by molar-refractivity contribution is 0.189. The van der Waals surface area contributed by atoms with Crippen molar-refractivity contribution in [2.75, 3.05) is 39.4 Å². The van der Waals surface area contributed by atoms with E-state index in [1.165, 1.54) is 45.8 Å². The zero-order chi connectivity index (χ0) is 12.8. The standard InChI is InChI=1S/C14H31N3/c1-6-16(13(2)3)9-7-8-15-10-11-17(12-15)14(4)5/h13-14H,6-12H2,1-5H3. The molecular formula is C14H31N3. The van der Waals surface area contributed by atoms with Crippen LogP contribution in [0.5, 0.6) is 0 Å². The summed E-state index contributed by atoms with van der Waals surface area (Å²) < 4.78 is 0. The van der Waals surface area contributed by atoms with Gasteiger partial charge in [-0.05, 0) is 47.2 Å². The smallest absolute Gasteiger partial charge is 0.0509 e. The molecule has 0 aromatic heterocycles. The Morgan fingerprint density at radius 2 is 1.82 bits per heavy atom. The quantitative estimate of drug-likeness (QED) is 0.676. The van der Waals surface area contributed by atoms with E-state index in [1.54, 1.807) is 0 Å². The Labute approximate surface area is 108 Å². The van der Waals surface area contributed by atoms with E-state index >= 15 is 0 Å². The van der Waals surface area contributed by atoms with Crippen LogP contribution in [0.3, 0.4) is 0 Å². The molecule has 0 aromatic carbocycles. The molecule has 1 aliphatic rings. The summed E-state index contributed by atoms with van der Waals surface area (Å²) in [5, 5.41) is 0. The first kappa shape index (κ1) is 14.9. The van der Waals surface area contributed by atoms with E-state index in [2.05, 4.69) is 49.3 Å². The van der Waals surface area contributed by atoms with E-state index in [0.29, 0.717) is 12.1 Å². The fourth-order valence-corrected chi connectivity index (χ4v) is 2.55. The third kappa shape index (κ3) is 4.94. The van der Waals surface area contributed by atoms with Gasteiger partial charge in [0, 0.05) is 31.7 Å². The molecular weight excluding hydrogens is 210 g/mol. The maximum absolute atomic E-state index is 2.59. The Balaban J connectivity index is 2.15. The van der Waals surface area contributed by atoms with Gasteiger partial charge >= 0.3 is 0 Å². The number of hydrogen-bond acceptors (Lipinski definition) is 3. The van der Waals surface area contributed by atoms with Crippen molar-refractivity contribution in [2.24, 2.45) is 0 Å². The van der Waals surface area contributed by atoms with Gasteiger partial charge in [-0.2, -0.15) is 0 Å². The van der Waals surface area contributed by atoms with Gasteiger partial charge in [-0.3, -0.25) is 9.80 Å². The molecule has 0 radical (unpaired) electrons. The molecule has 0 atom stereocenters. The number of hydrogen-bond donors (Lipinski definition) is 0. The van der Waals surface area contributed by atoms with Crippen LogP contribution >= 0.6 is 0 Å². The Morgan fingerprint density at radius 3 is 2.29 bits per heavy atom. The second-order valence-electron chi connectivity index (χ2n) is 5.74. The zero-order valence-corrected chi connectivity index (χ0v) is 12.4. The first-order valence-corrected chi connectivity index (χ1v) is 7.25. The molecule has 17 heavy (non-hydrogen) atoms. The summed E-state index contributed by atoms with van der Waals surface area (Å²) >= 11 is 0. The van der Waals surface area contributed by atoms with Crippen molar-refractivity contribution in [1.29, 1.82) is 0 Å². The molecule has 0 spiro atoms. The maximum atomic E-state index is 2.59. The molecule has 3 nitrogen and oxygen atoms in total. The highest BCUT2D eigenvalue weighted by Crippen LogP contribution is 2.09. The molecule has 0 N–H and O–H groups in total. The van der Waals surface area contributed by atoms with E-state index in [9.17, 15) is 0 Å². The Hall–Kier alpha value is -0.120. The van der Waals surface area contributed by atoms with Crippen molar-refractivity contribution in [1.82, 2.24) is 14.7 Å². The predicted octanol–water partition coefficient (Wildman–Crippen LogP) is 2.09.